The molecule has 2 aromatic carbocycles. The highest BCUT2D eigenvalue weighted by Crippen LogP contribution is 2.39. The normalized spacial score (nSPS) is 15.5. The van der Waals surface area contributed by atoms with Crippen LogP contribution in [0.1, 0.15) is 123 Å². The predicted molar refractivity (Wildman–Crippen MR) is 148 cm³/mol. The van der Waals surface area contributed by atoms with Crippen LogP contribution < -0.4 is 0 Å². The first-order chi connectivity index (χ1) is 14.9. The third-order valence-electron chi connectivity index (χ3n) is 6.91. The van der Waals surface area contributed by atoms with Crippen LogP contribution in [0.25, 0.3) is 11.1 Å². The van der Waals surface area contributed by atoms with Gasteiger partial charge in [-0.2, -0.15) is 0 Å². The van der Waals surface area contributed by atoms with Crippen molar-refractivity contribution < 1.29 is 0 Å². The van der Waals surface area contributed by atoms with Gasteiger partial charge in [0.15, 0.2) is 0 Å². The highest BCUT2D eigenvalue weighted by atomic mass is 14.3. The highest BCUT2D eigenvalue weighted by Gasteiger charge is 2.24. The van der Waals surface area contributed by atoms with E-state index >= 15 is 0 Å². The van der Waals surface area contributed by atoms with Gasteiger partial charge in [-0.1, -0.05) is 132 Å². The van der Waals surface area contributed by atoms with Crippen molar-refractivity contribution in [3.8, 4) is 0 Å². The minimum Gasteiger partial charge on any atom is -0.0722 e. The quantitative estimate of drug-likeness (QED) is 0.434. The zero-order chi connectivity index (χ0) is 25.0. The SMILES string of the molecule is CC(C)(C)c1cc(C2=CCC(c3cc(C(C)(C)C)cc(C(C)(C)C)c3)=C2)cc(C(C)(C)C)c1. The summed E-state index contributed by atoms with van der Waals surface area (Å²) in [7, 11) is 0. The minimum atomic E-state index is 0.129. The van der Waals surface area contributed by atoms with Crippen LogP contribution in [0.3, 0.4) is 0 Å². The monoisotopic (exact) mass is 442 g/mol. The van der Waals surface area contributed by atoms with Crippen molar-refractivity contribution in [2.45, 2.75) is 111 Å². The summed E-state index contributed by atoms with van der Waals surface area (Å²) in [5.41, 5.74) is 11.7. The van der Waals surface area contributed by atoms with E-state index in [0.29, 0.717) is 0 Å². The molecule has 0 N–H and O–H groups in total. The van der Waals surface area contributed by atoms with E-state index in [-0.39, 0.29) is 21.7 Å². The third kappa shape index (κ3) is 5.89. The van der Waals surface area contributed by atoms with Crippen LogP contribution in [-0.2, 0) is 21.7 Å². The summed E-state index contributed by atoms with van der Waals surface area (Å²) in [4.78, 5) is 0. The molecule has 0 spiro atoms. The van der Waals surface area contributed by atoms with Crippen molar-refractivity contribution in [2.75, 3.05) is 0 Å². The molecule has 0 aromatic heterocycles. The van der Waals surface area contributed by atoms with Gasteiger partial charge in [-0.15, -0.1) is 0 Å². The molecule has 2 aromatic rings. The van der Waals surface area contributed by atoms with Gasteiger partial charge in [0.1, 0.15) is 0 Å². The molecular formula is C33H46. The van der Waals surface area contributed by atoms with Gasteiger partial charge in [0.25, 0.3) is 0 Å². The van der Waals surface area contributed by atoms with Gasteiger partial charge < -0.3 is 0 Å². The van der Waals surface area contributed by atoms with Crippen LogP contribution >= 0.6 is 0 Å². The molecule has 0 radical (unpaired) electrons. The van der Waals surface area contributed by atoms with Crippen LogP contribution in [0, 0.1) is 0 Å². The molecule has 178 valence electrons. The molecule has 0 aliphatic heterocycles. The lowest BCUT2D eigenvalue weighted by Gasteiger charge is -2.26. The van der Waals surface area contributed by atoms with E-state index in [9.17, 15) is 0 Å². The molecule has 0 bridgehead atoms. The summed E-state index contributed by atoms with van der Waals surface area (Å²) in [6, 6.07) is 14.5. The smallest absolute Gasteiger partial charge is 0.00821 e. The van der Waals surface area contributed by atoms with Crippen LogP contribution in [0.2, 0.25) is 0 Å². The van der Waals surface area contributed by atoms with E-state index in [1.807, 2.05) is 0 Å². The second-order valence-corrected chi connectivity index (χ2v) is 14.1. The van der Waals surface area contributed by atoms with Gasteiger partial charge in [-0.25, -0.2) is 0 Å². The number of rotatable bonds is 2. The maximum Gasteiger partial charge on any atom is -0.00821 e. The van der Waals surface area contributed by atoms with E-state index in [1.54, 1.807) is 0 Å². The molecule has 0 saturated carbocycles. The van der Waals surface area contributed by atoms with Crippen molar-refractivity contribution in [1.29, 1.82) is 0 Å². The topological polar surface area (TPSA) is 0 Å². The highest BCUT2D eigenvalue weighted by molar-refractivity contribution is 5.90. The lowest BCUT2D eigenvalue weighted by molar-refractivity contribution is 0.567. The van der Waals surface area contributed by atoms with Crippen LogP contribution in [0.5, 0.6) is 0 Å². The van der Waals surface area contributed by atoms with E-state index in [2.05, 4.69) is 132 Å². The van der Waals surface area contributed by atoms with Gasteiger partial charge in [-0.3, -0.25) is 0 Å². The molecule has 3 rings (SSSR count). The molecule has 0 saturated heterocycles. The van der Waals surface area contributed by atoms with Gasteiger partial charge in [0.2, 0.25) is 0 Å². The molecule has 1 aliphatic rings. The van der Waals surface area contributed by atoms with Crippen molar-refractivity contribution in [2.24, 2.45) is 0 Å². The summed E-state index contributed by atoms with van der Waals surface area (Å²) in [5, 5.41) is 0. The molecule has 0 atom stereocenters. The van der Waals surface area contributed by atoms with Gasteiger partial charge in [-0.05, 0) is 72.6 Å². The lowest BCUT2D eigenvalue weighted by Crippen LogP contribution is -2.17. The van der Waals surface area contributed by atoms with Gasteiger partial charge in [0, 0.05) is 0 Å². The Morgan fingerprint density at radius 2 is 0.788 bits per heavy atom. The maximum atomic E-state index is 2.43. The van der Waals surface area contributed by atoms with Gasteiger partial charge in [0.05, 0.1) is 0 Å². The molecular weight excluding hydrogens is 396 g/mol. The predicted octanol–water partition coefficient (Wildman–Crippen LogP) is 9.75. The minimum absolute atomic E-state index is 0.129. The number of hydrogen-bond acceptors (Lipinski definition) is 0. The van der Waals surface area contributed by atoms with Gasteiger partial charge >= 0.3 is 0 Å². The van der Waals surface area contributed by atoms with Crippen LogP contribution in [0.15, 0.2) is 48.6 Å². The molecule has 0 amide bonds. The Bertz CT molecular complexity index is 1030. The summed E-state index contributed by atoms with van der Waals surface area (Å²) in [6.45, 7) is 27.8. The van der Waals surface area contributed by atoms with E-state index in [1.165, 1.54) is 44.5 Å². The molecule has 0 heteroatoms. The first-order valence-corrected chi connectivity index (χ1v) is 12.6. The van der Waals surface area contributed by atoms with Crippen LogP contribution in [0.4, 0.5) is 0 Å². The summed E-state index contributed by atoms with van der Waals surface area (Å²) in [5.74, 6) is 0. The van der Waals surface area contributed by atoms with Crippen molar-refractivity contribution in [1.82, 2.24) is 0 Å². The first-order valence-electron chi connectivity index (χ1n) is 12.6. The van der Waals surface area contributed by atoms with Crippen molar-refractivity contribution in [3.05, 3.63) is 81.9 Å². The number of benzene rings is 2. The van der Waals surface area contributed by atoms with E-state index in [0.717, 1.165) is 6.42 Å². The Morgan fingerprint density at radius 3 is 1.12 bits per heavy atom. The molecule has 0 nitrogen and oxygen atoms in total. The fourth-order valence-corrected chi connectivity index (χ4v) is 4.27. The van der Waals surface area contributed by atoms with E-state index < -0.39 is 0 Å². The fraction of sp³-hybridized carbons (Fsp3) is 0.515. The fourth-order valence-electron chi connectivity index (χ4n) is 4.27. The summed E-state index contributed by atoms with van der Waals surface area (Å²) >= 11 is 0. The first kappa shape index (κ1) is 25.5. The molecule has 0 heterocycles. The Morgan fingerprint density at radius 1 is 0.455 bits per heavy atom. The van der Waals surface area contributed by atoms with Crippen LogP contribution in [-0.4, -0.2) is 0 Å². The third-order valence-corrected chi connectivity index (χ3v) is 6.91. The average molecular weight is 443 g/mol. The Balaban J connectivity index is 2.10. The van der Waals surface area contributed by atoms with Crippen molar-refractivity contribution in [3.63, 3.8) is 0 Å². The number of allylic oxidation sites excluding steroid dienone is 4. The number of hydrogen-bond donors (Lipinski definition) is 0. The Kier molecular flexibility index (Phi) is 6.42. The van der Waals surface area contributed by atoms with Crippen molar-refractivity contribution >= 4 is 11.1 Å². The second-order valence-electron chi connectivity index (χ2n) is 14.1. The Hall–Kier alpha value is -2.08. The van der Waals surface area contributed by atoms with E-state index in [4.69, 9.17) is 0 Å². The average Bonchev–Trinajstić information content (AvgIpc) is 3.15. The maximum absolute atomic E-state index is 2.43. The lowest BCUT2D eigenvalue weighted by atomic mass is 9.78. The molecule has 0 unspecified atom stereocenters. The molecule has 33 heavy (non-hydrogen) atoms. The second kappa shape index (κ2) is 8.30. The largest absolute Gasteiger partial charge is 0.0722 e. The summed E-state index contributed by atoms with van der Waals surface area (Å²) < 4.78 is 0. The molecule has 1 aliphatic carbocycles. The molecule has 0 fully saturated rings. The Labute approximate surface area is 204 Å². The summed E-state index contributed by atoms with van der Waals surface area (Å²) in [6.07, 6.45) is 5.85. The zero-order valence-electron chi connectivity index (χ0n) is 23.3. The zero-order valence-corrected chi connectivity index (χ0v) is 23.3. The standard InChI is InChI=1S/C33H46/c1-30(2,3)26-16-24(17-27(20-26)31(4,5)6)22-13-14-23(15-22)25-18-28(32(7,8)9)21-29(19-25)33(10,11)12/h13,15-21H,14H2,1-12H3.